The van der Waals surface area contributed by atoms with Crippen LogP contribution in [0.4, 0.5) is 0 Å². The molecular formula is C16H13N3O2. The van der Waals surface area contributed by atoms with Crippen molar-refractivity contribution in [3.8, 4) is 5.75 Å². The highest BCUT2D eigenvalue weighted by Crippen LogP contribution is 2.10. The number of nitrogens with zero attached hydrogens (tertiary/aromatic N) is 2. The number of rotatable bonds is 3. The van der Waals surface area contributed by atoms with Gasteiger partial charge in [-0.05, 0) is 29.8 Å². The first-order chi connectivity index (χ1) is 10.2. The minimum absolute atomic E-state index is 0.200. The van der Waals surface area contributed by atoms with E-state index in [9.17, 15) is 9.90 Å². The van der Waals surface area contributed by atoms with Gasteiger partial charge < -0.3 is 10.4 Å². The zero-order valence-corrected chi connectivity index (χ0v) is 11.2. The van der Waals surface area contributed by atoms with Crippen molar-refractivity contribution in [1.29, 1.82) is 0 Å². The zero-order valence-electron chi connectivity index (χ0n) is 11.2. The molecule has 0 aliphatic heterocycles. The van der Waals surface area contributed by atoms with Gasteiger partial charge in [0, 0.05) is 6.54 Å². The number of fused-ring (bicyclic) bond motifs is 1. The van der Waals surface area contributed by atoms with Crippen LogP contribution in [0.3, 0.4) is 0 Å². The van der Waals surface area contributed by atoms with Crippen LogP contribution in [0.25, 0.3) is 11.0 Å². The summed E-state index contributed by atoms with van der Waals surface area (Å²) in [7, 11) is 0. The first kappa shape index (κ1) is 13.1. The number of hydrogen-bond donors (Lipinski definition) is 2. The van der Waals surface area contributed by atoms with E-state index in [1.165, 1.54) is 6.20 Å². The van der Waals surface area contributed by atoms with Gasteiger partial charge >= 0.3 is 0 Å². The molecule has 0 unspecified atom stereocenters. The second-order valence-corrected chi connectivity index (χ2v) is 4.59. The fourth-order valence-electron chi connectivity index (χ4n) is 1.95. The topological polar surface area (TPSA) is 75.1 Å². The van der Waals surface area contributed by atoms with Crippen LogP contribution in [0.5, 0.6) is 5.75 Å². The summed E-state index contributed by atoms with van der Waals surface area (Å²) in [6.45, 7) is 0.369. The fourth-order valence-corrected chi connectivity index (χ4v) is 1.95. The molecule has 0 atom stereocenters. The van der Waals surface area contributed by atoms with Gasteiger partial charge in [-0.1, -0.05) is 24.3 Å². The summed E-state index contributed by atoms with van der Waals surface area (Å²) in [6.07, 6.45) is 1.47. The lowest BCUT2D eigenvalue weighted by Gasteiger charge is -2.05. The summed E-state index contributed by atoms with van der Waals surface area (Å²) in [5.74, 6) is -0.0770. The number of benzene rings is 2. The lowest BCUT2D eigenvalue weighted by molar-refractivity contribution is 0.0946. The summed E-state index contributed by atoms with van der Waals surface area (Å²) in [5, 5.41) is 12.0. The van der Waals surface area contributed by atoms with Crippen LogP contribution in [0, 0.1) is 0 Å². The van der Waals surface area contributed by atoms with Crippen molar-refractivity contribution in [3.63, 3.8) is 0 Å². The van der Waals surface area contributed by atoms with Gasteiger partial charge in [0.05, 0.1) is 17.2 Å². The Kier molecular flexibility index (Phi) is 3.47. The van der Waals surface area contributed by atoms with E-state index < -0.39 is 0 Å². The Labute approximate surface area is 121 Å². The van der Waals surface area contributed by atoms with Gasteiger partial charge in [0.1, 0.15) is 11.4 Å². The summed E-state index contributed by atoms with van der Waals surface area (Å²) in [4.78, 5) is 20.6. The number of para-hydroxylation sites is 2. The molecule has 0 radical (unpaired) electrons. The SMILES string of the molecule is O=C(NCc1ccc(O)cc1)c1cnc2ccccc2n1. The maximum absolute atomic E-state index is 12.1. The molecule has 0 fully saturated rings. The van der Waals surface area contributed by atoms with Crippen LogP contribution in [0.15, 0.2) is 54.7 Å². The smallest absolute Gasteiger partial charge is 0.271 e. The van der Waals surface area contributed by atoms with E-state index in [-0.39, 0.29) is 17.4 Å². The number of amides is 1. The molecule has 3 aromatic rings. The minimum Gasteiger partial charge on any atom is -0.508 e. The highest BCUT2D eigenvalue weighted by atomic mass is 16.3. The Hall–Kier alpha value is -2.95. The van der Waals surface area contributed by atoms with Crippen LogP contribution in [0.1, 0.15) is 16.1 Å². The quantitative estimate of drug-likeness (QED) is 0.771. The molecule has 0 bridgehead atoms. The summed E-state index contributed by atoms with van der Waals surface area (Å²) < 4.78 is 0. The van der Waals surface area contributed by atoms with Crippen molar-refractivity contribution >= 4 is 16.9 Å². The van der Waals surface area contributed by atoms with E-state index in [0.717, 1.165) is 11.1 Å². The van der Waals surface area contributed by atoms with E-state index in [0.29, 0.717) is 12.1 Å². The number of carbonyl (C=O) groups excluding carboxylic acids is 1. The van der Waals surface area contributed by atoms with Gasteiger partial charge in [-0.2, -0.15) is 0 Å². The maximum Gasteiger partial charge on any atom is 0.271 e. The number of carbonyl (C=O) groups is 1. The Morgan fingerprint density at radius 2 is 1.76 bits per heavy atom. The average Bonchev–Trinajstić information content (AvgIpc) is 2.53. The molecule has 1 heterocycles. The van der Waals surface area contributed by atoms with Crippen molar-refractivity contribution in [2.45, 2.75) is 6.54 Å². The third-order valence-corrected chi connectivity index (χ3v) is 3.07. The van der Waals surface area contributed by atoms with Crippen LogP contribution >= 0.6 is 0 Å². The summed E-state index contributed by atoms with van der Waals surface area (Å²) in [5.41, 5.74) is 2.63. The Morgan fingerprint density at radius 3 is 2.52 bits per heavy atom. The summed E-state index contributed by atoms with van der Waals surface area (Å²) in [6, 6.07) is 14.1. The second-order valence-electron chi connectivity index (χ2n) is 4.59. The highest BCUT2D eigenvalue weighted by molar-refractivity contribution is 5.93. The van der Waals surface area contributed by atoms with E-state index >= 15 is 0 Å². The van der Waals surface area contributed by atoms with E-state index in [1.807, 2.05) is 24.3 Å². The molecule has 0 aliphatic carbocycles. The molecule has 104 valence electrons. The van der Waals surface area contributed by atoms with Crippen LogP contribution in [0.2, 0.25) is 0 Å². The van der Waals surface area contributed by atoms with Gasteiger partial charge in [0.2, 0.25) is 0 Å². The molecule has 21 heavy (non-hydrogen) atoms. The number of aromatic nitrogens is 2. The lowest BCUT2D eigenvalue weighted by Crippen LogP contribution is -2.24. The predicted molar refractivity (Wildman–Crippen MR) is 78.8 cm³/mol. The van der Waals surface area contributed by atoms with Crippen LogP contribution in [-0.4, -0.2) is 21.0 Å². The molecule has 0 saturated heterocycles. The normalized spacial score (nSPS) is 10.5. The van der Waals surface area contributed by atoms with Crippen LogP contribution < -0.4 is 5.32 Å². The van der Waals surface area contributed by atoms with Crippen molar-refractivity contribution in [1.82, 2.24) is 15.3 Å². The molecule has 0 aliphatic rings. The van der Waals surface area contributed by atoms with E-state index in [2.05, 4.69) is 15.3 Å². The standard InChI is InChI=1S/C16H13N3O2/c20-12-7-5-11(6-8-12)9-18-16(21)15-10-17-13-3-1-2-4-14(13)19-15/h1-8,10,20H,9H2,(H,18,21). The maximum atomic E-state index is 12.1. The highest BCUT2D eigenvalue weighted by Gasteiger charge is 2.08. The Morgan fingerprint density at radius 1 is 1.05 bits per heavy atom. The van der Waals surface area contributed by atoms with Crippen molar-refractivity contribution in [3.05, 3.63) is 66.0 Å². The first-order valence-corrected chi connectivity index (χ1v) is 6.50. The fraction of sp³-hybridized carbons (Fsp3) is 0.0625. The van der Waals surface area contributed by atoms with Gasteiger partial charge in [-0.25, -0.2) is 4.98 Å². The third-order valence-electron chi connectivity index (χ3n) is 3.07. The second kappa shape index (κ2) is 5.58. The molecular weight excluding hydrogens is 266 g/mol. The number of phenolic OH excluding ortho intramolecular Hbond substituents is 1. The molecule has 5 nitrogen and oxygen atoms in total. The van der Waals surface area contributed by atoms with Crippen molar-refractivity contribution in [2.24, 2.45) is 0 Å². The van der Waals surface area contributed by atoms with Gasteiger partial charge in [-0.15, -0.1) is 0 Å². The lowest BCUT2D eigenvalue weighted by atomic mass is 10.2. The largest absolute Gasteiger partial charge is 0.508 e. The monoisotopic (exact) mass is 279 g/mol. The van der Waals surface area contributed by atoms with Crippen molar-refractivity contribution < 1.29 is 9.90 Å². The summed E-state index contributed by atoms with van der Waals surface area (Å²) >= 11 is 0. The van der Waals surface area contributed by atoms with Crippen LogP contribution in [-0.2, 0) is 6.54 Å². The molecule has 2 aromatic carbocycles. The molecule has 5 heteroatoms. The predicted octanol–water partition coefficient (Wildman–Crippen LogP) is 2.27. The molecule has 3 rings (SSSR count). The molecule has 2 N–H and O–H groups in total. The van der Waals surface area contributed by atoms with Gasteiger partial charge in [0.25, 0.3) is 5.91 Å². The average molecular weight is 279 g/mol. The van der Waals surface area contributed by atoms with Gasteiger partial charge in [-0.3, -0.25) is 9.78 Å². The number of aromatic hydroxyl groups is 1. The molecule has 0 saturated carbocycles. The van der Waals surface area contributed by atoms with Gasteiger partial charge in [0.15, 0.2) is 0 Å². The minimum atomic E-state index is -0.277. The number of hydrogen-bond acceptors (Lipinski definition) is 4. The van der Waals surface area contributed by atoms with E-state index in [4.69, 9.17) is 0 Å². The number of phenols is 1. The third kappa shape index (κ3) is 2.97. The Bertz CT molecular complexity index is 785. The van der Waals surface area contributed by atoms with E-state index in [1.54, 1.807) is 24.3 Å². The first-order valence-electron chi connectivity index (χ1n) is 6.50. The molecule has 1 amide bonds. The molecule has 0 spiro atoms. The number of nitrogens with one attached hydrogen (secondary N) is 1. The zero-order chi connectivity index (χ0) is 14.7. The Balaban J connectivity index is 1.73. The molecule has 1 aromatic heterocycles. The van der Waals surface area contributed by atoms with Crippen molar-refractivity contribution in [2.75, 3.05) is 0 Å².